The van der Waals surface area contributed by atoms with E-state index in [2.05, 4.69) is 45.0 Å². The van der Waals surface area contributed by atoms with Gasteiger partial charge >= 0.3 is 0 Å². The van der Waals surface area contributed by atoms with Crippen LogP contribution in [-0.2, 0) is 0 Å². The van der Waals surface area contributed by atoms with Crippen LogP contribution >= 0.6 is 0 Å². The molecule has 0 aliphatic rings. The van der Waals surface area contributed by atoms with E-state index in [0.717, 1.165) is 5.70 Å². The highest BCUT2D eigenvalue weighted by Crippen LogP contribution is 2.26. The smallest absolute Gasteiger partial charge is 0.0569 e. The molecule has 0 radical (unpaired) electrons. The van der Waals surface area contributed by atoms with Gasteiger partial charge < -0.3 is 5.32 Å². The maximum atomic E-state index is 3.83. The lowest BCUT2D eigenvalue weighted by Gasteiger charge is -2.26. The van der Waals surface area contributed by atoms with Crippen LogP contribution in [0, 0.1) is 17.8 Å². The van der Waals surface area contributed by atoms with Crippen molar-refractivity contribution in [1.29, 1.82) is 0 Å². The Morgan fingerprint density at radius 1 is 1.38 bits per heavy atom. The molecule has 74 valence electrons. The normalized spacial score (nSPS) is 14.5. The fourth-order valence-electron chi connectivity index (χ4n) is 1.72. The van der Waals surface area contributed by atoms with E-state index in [4.69, 9.17) is 0 Å². The Morgan fingerprint density at radius 2 is 1.92 bits per heavy atom. The zero-order valence-electron chi connectivity index (χ0n) is 9.22. The van der Waals surface area contributed by atoms with E-state index in [9.17, 15) is 0 Å². The molecule has 0 aromatic carbocycles. The quantitative estimate of drug-likeness (QED) is 0.505. The molecular formula is C12H21N. The molecule has 0 spiro atoms. The minimum absolute atomic E-state index is 0.444. The van der Waals surface area contributed by atoms with Gasteiger partial charge in [0.1, 0.15) is 0 Å². The average Bonchev–Trinajstić information content (AvgIpc) is 2.12. The van der Waals surface area contributed by atoms with Gasteiger partial charge in [0.2, 0.25) is 0 Å². The van der Waals surface area contributed by atoms with Gasteiger partial charge in [0, 0.05) is 13.0 Å². The van der Waals surface area contributed by atoms with E-state index in [1.165, 1.54) is 0 Å². The average molecular weight is 179 g/mol. The summed E-state index contributed by atoms with van der Waals surface area (Å²) in [6.07, 6.45) is 1.99. The van der Waals surface area contributed by atoms with Gasteiger partial charge in [0.25, 0.3) is 0 Å². The summed E-state index contributed by atoms with van der Waals surface area (Å²) in [6.45, 7) is 14.1. The van der Waals surface area contributed by atoms with Crippen molar-refractivity contribution in [3.63, 3.8) is 0 Å². The van der Waals surface area contributed by atoms with Crippen molar-refractivity contribution in [1.82, 2.24) is 5.32 Å². The van der Waals surface area contributed by atoms with Crippen LogP contribution in [0.1, 0.15) is 20.8 Å². The van der Waals surface area contributed by atoms with E-state index in [1.54, 1.807) is 0 Å². The van der Waals surface area contributed by atoms with Crippen molar-refractivity contribution >= 4 is 0 Å². The van der Waals surface area contributed by atoms with E-state index >= 15 is 0 Å². The lowest BCUT2D eigenvalue weighted by atomic mass is 9.82. The van der Waals surface area contributed by atoms with Crippen molar-refractivity contribution in [3.8, 4) is 0 Å². The molecule has 0 bridgehead atoms. The van der Waals surface area contributed by atoms with Crippen LogP contribution < -0.4 is 5.32 Å². The summed E-state index contributed by atoms with van der Waals surface area (Å²) in [6, 6.07) is 0. The van der Waals surface area contributed by atoms with Gasteiger partial charge in [-0.15, -0.1) is 12.3 Å². The topological polar surface area (TPSA) is 12.0 Å². The number of allylic oxidation sites excluding steroid dienone is 2. The molecular weight excluding hydrogens is 158 g/mol. The second-order valence-electron chi connectivity index (χ2n) is 3.71. The van der Waals surface area contributed by atoms with Crippen molar-refractivity contribution in [3.05, 3.63) is 30.7 Å². The van der Waals surface area contributed by atoms with E-state index in [-0.39, 0.29) is 0 Å². The van der Waals surface area contributed by atoms with E-state index < -0.39 is 0 Å². The Labute approximate surface area is 82.2 Å². The molecule has 0 rings (SSSR count). The summed E-state index contributed by atoms with van der Waals surface area (Å²) in [5.74, 6) is 1.47. The molecule has 13 heavy (non-hydrogen) atoms. The first-order valence-electron chi connectivity index (χ1n) is 4.78. The first-order valence-corrected chi connectivity index (χ1v) is 4.78. The number of nitrogens with one attached hydrogen (secondary N) is 1. The summed E-state index contributed by atoms with van der Waals surface area (Å²) >= 11 is 0. The number of rotatable bonds is 5. The Balaban J connectivity index is 4.79. The van der Waals surface area contributed by atoms with Crippen LogP contribution in [0.2, 0.25) is 0 Å². The third-order valence-corrected chi connectivity index (χ3v) is 2.45. The Morgan fingerprint density at radius 3 is 2.15 bits per heavy atom. The molecule has 1 nitrogen and oxygen atoms in total. The van der Waals surface area contributed by atoms with Crippen LogP contribution in [0.4, 0.5) is 0 Å². The predicted molar refractivity (Wildman–Crippen MR) is 59.4 cm³/mol. The fourth-order valence-corrected chi connectivity index (χ4v) is 1.72. The molecule has 0 heterocycles. The number of hydrogen-bond acceptors (Lipinski definition) is 1. The van der Waals surface area contributed by atoms with Gasteiger partial charge in [-0.3, -0.25) is 0 Å². The third kappa shape index (κ3) is 3.12. The molecule has 0 amide bonds. The van der Waals surface area contributed by atoms with Crippen LogP contribution in [0.3, 0.4) is 0 Å². The van der Waals surface area contributed by atoms with Gasteiger partial charge in [0.05, 0.1) is 5.70 Å². The first-order chi connectivity index (χ1) is 6.08. The second kappa shape index (κ2) is 5.66. The molecule has 1 N–H and O–H groups in total. The summed E-state index contributed by atoms with van der Waals surface area (Å²) in [7, 11) is 1.92. The summed E-state index contributed by atoms with van der Waals surface area (Å²) in [5.41, 5.74) is 4.04. The maximum absolute atomic E-state index is 3.83. The molecule has 0 saturated carbocycles. The monoisotopic (exact) mass is 179 g/mol. The highest BCUT2D eigenvalue weighted by molar-refractivity contribution is 5.06. The molecule has 0 aliphatic carbocycles. The van der Waals surface area contributed by atoms with Gasteiger partial charge in [-0.1, -0.05) is 33.4 Å². The zero-order valence-corrected chi connectivity index (χ0v) is 9.22. The Kier molecular flexibility index (Phi) is 5.25. The molecule has 0 aromatic rings. The van der Waals surface area contributed by atoms with Crippen molar-refractivity contribution in [2.24, 2.45) is 17.8 Å². The fraction of sp³-hybridized carbons (Fsp3) is 0.583. The summed E-state index contributed by atoms with van der Waals surface area (Å²) in [4.78, 5) is 0. The first kappa shape index (κ1) is 12.1. The van der Waals surface area contributed by atoms with E-state index in [1.807, 2.05) is 13.1 Å². The standard InChI is InChI=1S/C12H21N/c1-7-10(5)12(9(3)4)11(8-2)13-6/h7,9-10,12-13H,1-2H2,3-6H3. The van der Waals surface area contributed by atoms with Crippen LogP contribution in [0.25, 0.3) is 0 Å². The minimum atomic E-state index is 0.444. The predicted octanol–water partition coefficient (Wildman–Crippen LogP) is 2.97. The van der Waals surface area contributed by atoms with Gasteiger partial charge in [0.15, 0.2) is 0 Å². The molecule has 1 heteroatoms. The minimum Gasteiger partial charge on any atom is -0.385 e. The van der Waals surface area contributed by atoms with Crippen molar-refractivity contribution in [2.45, 2.75) is 20.8 Å². The van der Waals surface area contributed by atoms with Crippen LogP contribution in [0.5, 0.6) is 0 Å². The molecule has 0 fully saturated rings. The van der Waals surface area contributed by atoms with Crippen molar-refractivity contribution < 1.29 is 0 Å². The van der Waals surface area contributed by atoms with Crippen LogP contribution in [0.15, 0.2) is 30.7 Å². The second-order valence-corrected chi connectivity index (χ2v) is 3.71. The SMILES string of the molecule is C=C=C(NC)C(C(C)C)C(C)C=C. The Hall–Kier alpha value is -0.940. The molecule has 0 aliphatic heterocycles. The van der Waals surface area contributed by atoms with Gasteiger partial charge in [-0.05, 0) is 11.8 Å². The number of hydrogen-bond donors (Lipinski definition) is 1. The van der Waals surface area contributed by atoms with Gasteiger partial charge in [-0.2, -0.15) is 0 Å². The summed E-state index contributed by atoms with van der Waals surface area (Å²) < 4.78 is 0. The lowest BCUT2D eigenvalue weighted by Crippen LogP contribution is -2.25. The molecule has 0 aromatic heterocycles. The third-order valence-electron chi connectivity index (χ3n) is 2.45. The molecule has 0 saturated heterocycles. The highest BCUT2D eigenvalue weighted by atomic mass is 14.8. The highest BCUT2D eigenvalue weighted by Gasteiger charge is 2.21. The summed E-state index contributed by atoms with van der Waals surface area (Å²) in [5, 5.41) is 3.14. The van der Waals surface area contributed by atoms with Crippen molar-refractivity contribution in [2.75, 3.05) is 7.05 Å². The van der Waals surface area contributed by atoms with Crippen LogP contribution in [-0.4, -0.2) is 7.05 Å². The maximum Gasteiger partial charge on any atom is 0.0569 e. The van der Waals surface area contributed by atoms with Gasteiger partial charge in [-0.25, -0.2) is 0 Å². The molecule has 2 atom stereocenters. The molecule has 2 unspecified atom stereocenters. The lowest BCUT2D eigenvalue weighted by molar-refractivity contribution is 0.352. The Bertz CT molecular complexity index is 209. The zero-order chi connectivity index (χ0) is 10.4. The van der Waals surface area contributed by atoms with E-state index in [0.29, 0.717) is 17.8 Å². The largest absolute Gasteiger partial charge is 0.385 e.